The number of hydrogen-bond acceptors (Lipinski definition) is 7. The standard InChI is InChI=1S/C22H25N5O4S2/c1-4-33(30,31)25-19-8-6-5-7-18(19)21(28)23-13-16-9-11-17(12-10-16)14-27(3)22(29)20-15(2)24-26-32-20/h5-12,25H,4,13-14H2,1-3H3,(H,23,28). The molecule has 0 aliphatic carbocycles. The molecule has 3 rings (SSSR count). The average molecular weight is 488 g/mol. The van der Waals surface area contributed by atoms with Crippen LogP contribution in [0.5, 0.6) is 0 Å². The molecule has 0 aliphatic rings. The summed E-state index contributed by atoms with van der Waals surface area (Å²) < 4.78 is 30.0. The molecule has 0 bridgehead atoms. The number of carbonyl (C=O) groups is 2. The Balaban J connectivity index is 1.59. The second-order valence-electron chi connectivity index (χ2n) is 7.40. The van der Waals surface area contributed by atoms with Crippen molar-refractivity contribution < 1.29 is 18.0 Å². The van der Waals surface area contributed by atoms with Crippen LogP contribution in [0.4, 0.5) is 5.69 Å². The van der Waals surface area contributed by atoms with E-state index in [9.17, 15) is 18.0 Å². The summed E-state index contributed by atoms with van der Waals surface area (Å²) in [7, 11) is -1.78. The number of sulfonamides is 1. The quantitative estimate of drug-likeness (QED) is 0.479. The highest BCUT2D eigenvalue weighted by atomic mass is 32.2. The number of rotatable bonds is 9. The molecule has 0 atom stereocenters. The normalized spacial score (nSPS) is 11.1. The van der Waals surface area contributed by atoms with Crippen molar-refractivity contribution in [2.45, 2.75) is 26.9 Å². The average Bonchev–Trinajstić information content (AvgIpc) is 3.23. The van der Waals surface area contributed by atoms with Gasteiger partial charge in [0.2, 0.25) is 10.0 Å². The monoisotopic (exact) mass is 487 g/mol. The molecular weight excluding hydrogens is 462 g/mol. The maximum absolute atomic E-state index is 12.6. The number of anilines is 1. The number of amides is 2. The van der Waals surface area contributed by atoms with Gasteiger partial charge in [-0.25, -0.2) is 8.42 Å². The van der Waals surface area contributed by atoms with E-state index in [0.717, 1.165) is 22.7 Å². The molecule has 1 aromatic heterocycles. The fraction of sp³-hybridized carbons (Fsp3) is 0.273. The first-order chi connectivity index (χ1) is 15.7. The maximum Gasteiger partial charge on any atom is 0.267 e. The lowest BCUT2D eigenvalue weighted by Gasteiger charge is -2.16. The van der Waals surface area contributed by atoms with Crippen LogP contribution < -0.4 is 10.0 Å². The van der Waals surface area contributed by atoms with Crippen molar-refractivity contribution in [1.29, 1.82) is 0 Å². The molecule has 2 N–H and O–H groups in total. The third-order valence-corrected chi connectivity index (χ3v) is 7.01. The number of aromatic nitrogens is 2. The number of hydrogen-bond donors (Lipinski definition) is 2. The van der Waals surface area contributed by atoms with Crippen LogP contribution in [0.1, 0.15) is 43.8 Å². The molecule has 33 heavy (non-hydrogen) atoms. The Bertz CT molecular complexity index is 1240. The summed E-state index contributed by atoms with van der Waals surface area (Å²) in [5.74, 6) is -0.597. The Kier molecular flexibility index (Phi) is 7.77. The summed E-state index contributed by atoms with van der Waals surface area (Å²) in [6.07, 6.45) is 0. The van der Waals surface area contributed by atoms with Crippen molar-refractivity contribution in [3.05, 3.63) is 75.8 Å². The fourth-order valence-electron chi connectivity index (χ4n) is 3.00. The first-order valence-corrected chi connectivity index (χ1v) is 12.6. The van der Waals surface area contributed by atoms with Gasteiger partial charge >= 0.3 is 0 Å². The lowest BCUT2D eigenvalue weighted by Crippen LogP contribution is -2.26. The number of para-hydroxylation sites is 1. The number of nitrogens with one attached hydrogen (secondary N) is 2. The smallest absolute Gasteiger partial charge is 0.267 e. The van der Waals surface area contributed by atoms with Crippen molar-refractivity contribution in [2.75, 3.05) is 17.5 Å². The van der Waals surface area contributed by atoms with Gasteiger partial charge in [0.05, 0.1) is 22.7 Å². The zero-order valence-electron chi connectivity index (χ0n) is 18.5. The lowest BCUT2D eigenvalue weighted by molar-refractivity contribution is 0.0788. The SMILES string of the molecule is CCS(=O)(=O)Nc1ccccc1C(=O)NCc1ccc(CN(C)C(=O)c2snnc2C)cc1. The van der Waals surface area contributed by atoms with Gasteiger partial charge in [-0.2, -0.15) is 0 Å². The molecule has 1 heterocycles. The van der Waals surface area contributed by atoms with Crippen molar-refractivity contribution >= 4 is 39.1 Å². The van der Waals surface area contributed by atoms with Gasteiger partial charge in [0.1, 0.15) is 4.88 Å². The van der Waals surface area contributed by atoms with E-state index < -0.39 is 10.0 Å². The third kappa shape index (κ3) is 6.36. The molecule has 0 saturated heterocycles. The van der Waals surface area contributed by atoms with Crippen LogP contribution >= 0.6 is 11.5 Å². The minimum Gasteiger partial charge on any atom is -0.348 e. The van der Waals surface area contributed by atoms with Gasteiger partial charge < -0.3 is 10.2 Å². The highest BCUT2D eigenvalue weighted by Gasteiger charge is 2.18. The van der Waals surface area contributed by atoms with E-state index >= 15 is 0 Å². The highest BCUT2D eigenvalue weighted by molar-refractivity contribution is 7.92. The minimum absolute atomic E-state index is 0.0865. The second kappa shape index (κ2) is 10.5. The van der Waals surface area contributed by atoms with E-state index in [2.05, 4.69) is 19.6 Å². The number of benzene rings is 2. The maximum atomic E-state index is 12.6. The summed E-state index contributed by atoms with van der Waals surface area (Å²) in [6.45, 7) is 3.98. The van der Waals surface area contributed by atoms with Gasteiger partial charge in [-0.15, -0.1) is 5.10 Å². The summed E-state index contributed by atoms with van der Waals surface area (Å²) >= 11 is 1.08. The number of carbonyl (C=O) groups excluding carboxylic acids is 2. The molecule has 11 heteroatoms. The van der Waals surface area contributed by atoms with Crippen LogP contribution in [-0.4, -0.2) is 47.5 Å². The summed E-state index contributed by atoms with van der Waals surface area (Å²) in [4.78, 5) is 27.3. The molecule has 0 spiro atoms. The highest BCUT2D eigenvalue weighted by Crippen LogP contribution is 2.17. The van der Waals surface area contributed by atoms with Gasteiger partial charge in [0.15, 0.2) is 0 Å². The Labute approximate surface area is 197 Å². The first kappa shape index (κ1) is 24.3. The van der Waals surface area contributed by atoms with Crippen molar-refractivity contribution in [3.8, 4) is 0 Å². The molecular formula is C22H25N5O4S2. The van der Waals surface area contributed by atoms with Crippen LogP contribution in [0, 0.1) is 6.92 Å². The molecule has 0 fully saturated rings. The largest absolute Gasteiger partial charge is 0.348 e. The Morgan fingerprint density at radius 2 is 1.73 bits per heavy atom. The van der Waals surface area contributed by atoms with Gasteiger partial charge in [-0.05, 0) is 48.6 Å². The molecule has 2 aromatic carbocycles. The van der Waals surface area contributed by atoms with Gasteiger partial charge in [-0.1, -0.05) is 40.9 Å². The van der Waals surface area contributed by atoms with Gasteiger partial charge in [0.25, 0.3) is 11.8 Å². The fourth-order valence-corrected chi connectivity index (χ4v) is 4.31. The second-order valence-corrected chi connectivity index (χ2v) is 10.2. The van der Waals surface area contributed by atoms with Gasteiger partial charge in [0, 0.05) is 20.1 Å². The zero-order valence-corrected chi connectivity index (χ0v) is 20.2. The van der Waals surface area contributed by atoms with E-state index in [1.54, 1.807) is 43.1 Å². The molecule has 0 aliphatic heterocycles. The van der Waals surface area contributed by atoms with Crippen LogP contribution in [0.2, 0.25) is 0 Å². The molecule has 174 valence electrons. The van der Waals surface area contributed by atoms with Crippen LogP contribution in [0.25, 0.3) is 0 Å². The van der Waals surface area contributed by atoms with Crippen LogP contribution in [-0.2, 0) is 23.1 Å². The van der Waals surface area contributed by atoms with E-state index in [0.29, 0.717) is 17.1 Å². The molecule has 0 unspecified atom stereocenters. The van der Waals surface area contributed by atoms with Crippen molar-refractivity contribution in [3.63, 3.8) is 0 Å². The Morgan fingerprint density at radius 3 is 2.36 bits per heavy atom. The van der Waals surface area contributed by atoms with E-state index in [1.807, 2.05) is 24.3 Å². The number of aryl methyl sites for hydroxylation is 1. The zero-order chi connectivity index (χ0) is 24.0. The van der Waals surface area contributed by atoms with Crippen LogP contribution in [0.15, 0.2) is 48.5 Å². The van der Waals surface area contributed by atoms with Crippen molar-refractivity contribution in [1.82, 2.24) is 19.8 Å². The van der Waals surface area contributed by atoms with E-state index in [4.69, 9.17) is 0 Å². The molecule has 9 nitrogen and oxygen atoms in total. The third-order valence-electron chi connectivity index (χ3n) is 4.91. The Morgan fingerprint density at radius 1 is 1.06 bits per heavy atom. The predicted octanol–water partition coefficient (Wildman–Crippen LogP) is 2.81. The van der Waals surface area contributed by atoms with E-state index in [-0.39, 0.29) is 35.4 Å². The molecule has 3 aromatic rings. The van der Waals surface area contributed by atoms with E-state index in [1.165, 1.54) is 6.92 Å². The topological polar surface area (TPSA) is 121 Å². The predicted molar refractivity (Wildman–Crippen MR) is 128 cm³/mol. The van der Waals surface area contributed by atoms with Crippen LogP contribution in [0.3, 0.4) is 0 Å². The first-order valence-electron chi connectivity index (χ1n) is 10.2. The summed E-state index contributed by atoms with van der Waals surface area (Å²) in [5.41, 5.74) is 2.92. The van der Waals surface area contributed by atoms with Crippen molar-refractivity contribution in [2.24, 2.45) is 0 Å². The summed E-state index contributed by atoms with van der Waals surface area (Å²) in [6, 6.07) is 14.0. The number of nitrogens with zero attached hydrogens (tertiary/aromatic N) is 3. The minimum atomic E-state index is -3.50. The molecule has 2 amide bonds. The lowest BCUT2D eigenvalue weighted by atomic mass is 10.1. The Hall–Kier alpha value is -3.31. The summed E-state index contributed by atoms with van der Waals surface area (Å²) in [5, 5.41) is 6.69. The van der Waals surface area contributed by atoms with Gasteiger partial charge in [-0.3, -0.25) is 14.3 Å². The molecule has 0 saturated carbocycles. The molecule has 0 radical (unpaired) electrons.